The van der Waals surface area contributed by atoms with Crippen molar-refractivity contribution in [2.24, 2.45) is 0 Å². The first-order valence-electron chi connectivity index (χ1n) is 7.98. The summed E-state index contributed by atoms with van der Waals surface area (Å²) in [5.41, 5.74) is 0.211. The second-order valence-electron chi connectivity index (χ2n) is 6.76. The minimum atomic E-state index is -0.229. The van der Waals surface area contributed by atoms with E-state index in [1.165, 1.54) is 0 Å². The van der Waals surface area contributed by atoms with Crippen LogP contribution < -0.4 is 10.9 Å². The van der Waals surface area contributed by atoms with Gasteiger partial charge in [0.05, 0.1) is 24.9 Å². The van der Waals surface area contributed by atoms with E-state index in [4.69, 9.17) is 4.74 Å². The van der Waals surface area contributed by atoms with Crippen LogP contribution in [0.1, 0.15) is 20.8 Å². The van der Waals surface area contributed by atoms with Gasteiger partial charge in [0.1, 0.15) is 5.39 Å². The van der Waals surface area contributed by atoms with E-state index < -0.39 is 0 Å². The van der Waals surface area contributed by atoms with E-state index in [1.807, 2.05) is 20.8 Å². The van der Waals surface area contributed by atoms with Gasteiger partial charge in [-0.3, -0.25) is 14.7 Å². The van der Waals surface area contributed by atoms with Crippen molar-refractivity contribution in [2.45, 2.75) is 26.3 Å². The Bertz CT molecular complexity index is 724. The van der Waals surface area contributed by atoms with Crippen molar-refractivity contribution in [3.8, 4) is 0 Å². The van der Waals surface area contributed by atoms with Crippen LogP contribution >= 0.6 is 0 Å². The third-order valence-electron chi connectivity index (χ3n) is 3.90. The number of ether oxygens (including phenoxy) is 1. The minimum Gasteiger partial charge on any atom is -0.379 e. The molecule has 8 nitrogen and oxygen atoms in total. The number of nitrogens with one attached hydrogen (secondary N) is 2. The van der Waals surface area contributed by atoms with Crippen molar-refractivity contribution in [3.05, 3.63) is 16.6 Å². The lowest BCUT2D eigenvalue weighted by Gasteiger charge is -2.26. The van der Waals surface area contributed by atoms with E-state index in [2.05, 4.69) is 25.3 Å². The first-order valence-corrected chi connectivity index (χ1v) is 7.98. The fraction of sp³-hybridized carbons (Fsp3) is 0.667. The largest absolute Gasteiger partial charge is 0.379 e. The summed E-state index contributed by atoms with van der Waals surface area (Å²) in [6.07, 6.45) is 1.57. The maximum Gasteiger partial charge on any atom is 0.263 e. The fourth-order valence-corrected chi connectivity index (χ4v) is 2.65. The first-order chi connectivity index (χ1) is 10.9. The van der Waals surface area contributed by atoms with Gasteiger partial charge in [0.15, 0.2) is 5.65 Å². The zero-order chi connectivity index (χ0) is 16.4. The summed E-state index contributed by atoms with van der Waals surface area (Å²) in [6, 6.07) is 0. The molecule has 2 aromatic rings. The van der Waals surface area contributed by atoms with Crippen molar-refractivity contribution in [1.29, 1.82) is 0 Å². The highest BCUT2D eigenvalue weighted by Crippen LogP contribution is 2.18. The number of H-pyrrole nitrogens is 1. The molecule has 1 saturated heterocycles. The predicted octanol–water partition coefficient (Wildman–Crippen LogP) is 0.619. The molecular weight excluding hydrogens is 296 g/mol. The Morgan fingerprint density at radius 3 is 2.78 bits per heavy atom. The molecule has 8 heteroatoms. The van der Waals surface area contributed by atoms with Gasteiger partial charge < -0.3 is 10.1 Å². The van der Waals surface area contributed by atoms with Crippen molar-refractivity contribution in [1.82, 2.24) is 24.6 Å². The first kappa shape index (κ1) is 15.9. The number of hydrogen-bond acceptors (Lipinski definition) is 6. The summed E-state index contributed by atoms with van der Waals surface area (Å²) >= 11 is 0. The minimum absolute atomic E-state index is 0.167. The topological polar surface area (TPSA) is 88.1 Å². The summed E-state index contributed by atoms with van der Waals surface area (Å²) < 4.78 is 7.12. The lowest BCUT2D eigenvalue weighted by atomic mass is 10.1. The Kier molecular flexibility index (Phi) is 4.36. The smallest absolute Gasteiger partial charge is 0.263 e. The standard InChI is InChI=1S/C15H24N6O2/c1-15(2,3)21-12-11(10-17-21)13(22)19-14(18-12)16-4-5-20-6-8-23-9-7-20/h10H,4-9H2,1-3H3,(H2,16,18,19,22). The number of hydrogen-bond donors (Lipinski definition) is 2. The van der Waals surface area contributed by atoms with Crippen molar-refractivity contribution >= 4 is 17.0 Å². The van der Waals surface area contributed by atoms with Crippen LogP contribution in [0.2, 0.25) is 0 Å². The number of rotatable bonds is 4. The van der Waals surface area contributed by atoms with Gasteiger partial charge in [-0.05, 0) is 20.8 Å². The van der Waals surface area contributed by atoms with E-state index >= 15 is 0 Å². The van der Waals surface area contributed by atoms with E-state index in [1.54, 1.807) is 10.9 Å². The van der Waals surface area contributed by atoms with Gasteiger partial charge >= 0.3 is 0 Å². The summed E-state index contributed by atoms with van der Waals surface area (Å²) in [7, 11) is 0. The zero-order valence-electron chi connectivity index (χ0n) is 13.9. The molecule has 23 heavy (non-hydrogen) atoms. The molecule has 0 atom stereocenters. The van der Waals surface area contributed by atoms with Gasteiger partial charge in [0.2, 0.25) is 5.95 Å². The molecule has 0 spiro atoms. The highest BCUT2D eigenvalue weighted by atomic mass is 16.5. The quantitative estimate of drug-likeness (QED) is 0.858. The molecule has 0 radical (unpaired) electrons. The normalized spacial score (nSPS) is 16.8. The van der Waals surface area contributed by atoms with Crippen LogP contribution in [0.15, 0.2) is 11.0 Å². The van der Waals surface area contributed by atoms with Crippen molar-refractivity contribution in [2.75, 3.05) is 44.7 Å². The van der Waals surface area contributed by atoms with Gasteiger partial charge in [-0.2, -0.15) is 10.1 Å². The van der Waals surface area contributed by atoms with Gasteiger partial charge in [-0.15, -0.1) is 0 Å². The number of aromatic nitrogens is 4. The Labute approximate surface area is 134 Å². The van der Waals surface area contributed by atoms with Crippen LogP contribution in [0.25, 0.3) is 11.0 Å². The summed E-state index contributed by atoms with van der Waals surface area (Å²) in [6.45, 7) is 11.2. The van der Waals surface area contributed by atoms with Crippen LogP contribution in [0.5, 0.6) is 0 Å². The van der Waals surface area contributed by atoms with Crippen molar-refractivity contribution < 1.29 is 4.74 Å². The Hall–Kier alpha value is -1.93. The third-order valence-corrected chi connectivity index (χ3v) is 3.90. The molecule has 0 aromatic carbocycles. The molecule has 0 saturated carbocycles. The molecule has 0 unspecified atom stereocenters. The molecule has 3 rings (SSSR count). The second-order valence-corrected chi connectivity index (χ2v) is 6.76. The SMILES string of the molecule is CC(C)(C)n1ncc2c(=O)[nH]c(NCCN3CCOCC3)nc21. The highest BCUT2D eigenvalue weighted by Gasteiger charge is 2.19. The number of nitrogens with zero attached hydrogens (tertiary/aromatic N) is 4. The second kappa shape index (κ2) is 6.29. The summed E-state index contributed by atoms with van der Waals surface area (Å²) in [4.78, 5) is 21.8. The molecular formula is C15H24N6O2. The van der Waals surface area contributed by atoms with E-state index in [-0.39, 0.29) is 11.1 Å². The van der Waals surface area contributed by atoms with Gasteiger partial charge in [0.25, 0.3) is 5.56 Å². The maximum absolute atomic E-state index is 12.2. The Morgan fingerprint density at radius 1 is 1.35 bits per heavy atom. The van der Waals surface area contributed by atoms with Gasteiger partial charge in [-0.1, -0.05) is 0 Å². The van der Waals surface area contributed by atoms with Gasteiger partial charge in [0, 0.05) is 26.2 Å². The maximum atomic E-state index is 12.2. The summed E-state index contributed by atoms with van der Waals surface area (Å²) in [5, 5.41) is 8.02. The van der Waals surface area contributed by atoms with E-state index in [0.717, 1.165) is 39.4 Å². The molecule has 1 aliphatic heterocycles. The van der Waals surface area contributed by atoms with E-state index in [9.17, 15) is 4.79 Å². The van der Waals surface area contributed by atoms with Gasteiger partial charge in [-0.25, -0.2) is 4.68 Å². The average molecular weight is 320 g/mol. The predicted molar refractivity (Wildman–Crippen MR) is 88.9 cm³/mol. The molecule has 1 aliphatic rings. The van der Waals surface area contributed by atoms with Crippen LogP contribution in [0.3, 0.4) is 0 Å². The Balaban J connectivity index is 1.74. The zero-order valence-corrected chi connectivity index (χ0v) is 13.9. The molecule has 0 amide bonds. The summed E-state index contributed by atoms with van der Waals surface area (Å²) in [5.74, 6) is 0.488. The lowest BCUT2D eigenvalue weighted by Crippen LogP contribution is -2.39. The van der Waals surface area contributed by atoms with Crippen LogP contribution in [0, 0.1) is 0 Å². The number of aromatic amines is 1. The molecule has 2 aromatic heterocycles. The highest BCUT2D eigenvalue weighted by molar-refractivity contribution is 5.74. The molecule has 0 bridgehead atoms. The van der Waals surface area contributed by atoms with Crippen LogP contribution in [-0.4, -0.2) is 64.0 Å². The van der Waals surface area contributed by atoms with E-state index in [0.29, 0.717) is 17.0 Å². The molecule has 0 aliphatic carbocycles. The van der Waals surface area contributed by atoms with Crippen LogP contribution in [-0.2, 0) is 10.3 Å². The van der Waals surface area contributed by atoms with Crippen LogP contribution in [0.4, 0.5) is 5.95 Å². The lowest BCUT2D eigenvalue weighted by molar-refractivity contribution is 0.0398. The number of anilines is 1. The monoisotopic (exact) mass is 320 g/mol. The average Bonchev–Trinajstić information content (AvgIpc) is 2.93. The molecule has 1 fully saturated rings. The molecule has 2 N–H and O–H groups in total. The number of morpholine rings is 1. The number of fused-ring (bicyclic) bond motifs is 1. The molecule has 3 heterocycles. The fourth-order valence-electron chi connectivity index (χ4n) is 2.65. The molecule has 126 valence electrons. The van der Waals surface area contributed by atoms with Crippen molar-refractivity contribution in [3.63, 3.8) is 0 Å². The third kappa shape index (κ3) is 3.53. The Morgan fingerprint density at radius 2 is 2.09 bits per heavy atom.